The summed E-state index contributed by atoms with van der Waals surface area (Å²) in [6.45, 7) is 0. The van der Waals surface area contributed by atoms with Crippen LogP contribution in [-0.4, -0.2) is 19.1 Å². The molecule has 4 heteroatoms. The van der Waals surface area contributed by atoms with Gasteiger partial charge in [-0.25, -0.2) is 0 Å². The number of nitrogens with two attached hydrogens (primary N) is 1. The molecule has 0 aromatic heterocycles. The van der Waals surface area contributed by atoms with Gasteiger partial charge in [0.1, 0.15) is 11.8 Å². The van der Waals surface area contributed by atoms with E-state index in [4.69, 9.17) is 10.5 Å². The number of primary amides is 1. The Morgan fingerprint density at radius 1 is 1.20 bits per heavy atom. The summed E-state index contributed by atoms with van der Waals surface area (Å²) in [7, 11) is 1.64. The van der Waals surface area contributed by atoms with Gasteiger partial charge in [0.15, 0.2) is 0 Å². The fourth-order valence-electron chi connectivity index (χ4n) is 2.93. The summed E-state index contributed by atoms with van der Waals surface area (Å²) in [5.74, 6) is 0.894. The number of nitrogens with one attached hydrogen (secondary N) is 1. The molecule has 0 radical (unpaired) electrons. The summed E-state index contributed by atoms with van der Waals surface area (Å²) >= 11 is 0. The normalized spacial score (nSPS) is 18.1. The molecule has 1 aliphatic carbocycles. The van der Waals surface area contributed by atoms with E-state index in [1.807, 2.05) is 24.3 Å². The summed E-state index contributed by atoms with van der Waals surface area (Å²) in [6.07, 6.45) is 7.08. The van der Waals surface area contributed by atoms with Crippen LogP contribution < -0.4 is 15.8 Å². The van der Waals surface area contributed by atoms with Crippen molar-refractivity contribution >= 4 is 11.6 Å². The lowest BCUT2D eigenvalue weighted by molar-refractivity contribution is -0.119. The summed E-state index contributed by atoms with van der Waals surface area (Å²) in [6, 6.07) is 7.33. The SMILES string of the molecule is COc1ccc(NC(C(N)=O)C2CCCCCC2)cc1. The van der Waals surface area contributed by atoms with Crippen LogP contribution in [0.2, 0.25) is 0 Å². The minimum Gasteiger partial charge on any atom is -0.497 e. The molecule has 1 fully saturated rings. The molecule has 1 amide bonds. The van der Waals surface area contributed by atoms with Gasteiger partial charge in [-0.3, -0.25) is 4.79 Å². The van der Waals surface area contributed by atoms with Crippen molar-refractivity contribution in [2.75, 3.05) is 12.4 Å². The Labute approximate surface area is 120 Å². The fourth-order valence-corrected chi connectivity index (χ4v) is 2.93. The molecule has 4 nitrogen and oxygen atoms in total. The Hall–Kier alpha value is -1.71. The van der Waals surface area contributed by atoms with Gasteiger partial charge in [0, 0.05) is 5.69 Å². The number of amides is 1. The maximum atomic E-state index is 11.8. The highest BCUT2D eigenvalue weighted by molar-refractivity contribution is 5.83. The van der Waals surface area contributed by atoms with Gasteiger partial charge >= 0.3 is 0 Å². The topological polar surface area (TPSA) is 64.3 Å². The van der Waals surface area contributed by atoms with E-state index in [1.54, 1.807) is 7.11 Å². The first-order valence-electron chi connectivity index (χ1n) is 7.40. The van der Waals surface area contributed by atoms with Gasteiger partial charge in [-0.05, 0) is 43.0 Å². The molecule has 0 spiro atoms. The first kappa shape index (κ1) is 14.7. The van der Waals surface area contributed by atoms with Gasteiger partial charge in [0.25, 0.3) is 0 Å². The van der Waals surface area contributed by atoms with E-state index in [-0.39, 0.29) is 11.9 Å². The molecular weight excluding hydrogens is 252 g/mol. The van der Waals surface area contributed by atoms with E-state index in [0.29, 0.717) is 5.92 Å². The third-order valence-electron chi connectivity index (χ3n) is 4.09. The van der Waals surface area contributed by atoms with Gasteiger partial charge < -0.3 is 15.8 Å². The van der Waals surface area contributed by atoms with Gasteiger partial charge in [-0.15, -0.1) is 0 Å². The summed E-state index contributed by atoms with van der Waals surface area (Å²) in [4.78, 5) is 11.8. The van der Waals surface area contributed by atoms with Crippen LogP contribution in [0.5, 0.6) is 5.75 Å². The minimum absolute atomic E-state index is 0.257. The lowest BCUT2D eigenvalue weighted by Gasteiger charge is -2.25. The Balaban J connectivity index is 2.05. The molecule has 1 aliphatic rings. The van der Waals surface area contributed by atoms with Crippen molar-refractivity contribution in [2.45, 2.75) is 44.6 Å². The standard InChI is InChI=1S/C16H24N2O2/c1-20-14-10-8-13(9-11-14)18-15(16(17)19)12-6-4-2-3-5-7-12/h8-12,15,18H,2-7H2,1H3,(H2,17,19). The van der Waals surface area contributed by atoms with Gasteiger partial charge in [0.2, 0.25) is 5.91 Å². The molecule has 3 N–H and O–H groups in total. The number of anilines is 1. The Bertz CT molecular complexity index is 423. The van der Waals surface area contributed by atoms with E-state index < -0.39 is 0 Å². The number of hydrogen-bond donors (Lipinski definition) is 2. The van der Waals surface area contributed by atoms with Crippen molar-refractivity contribution in [3.05, 3.63) is 24.3 Å². The van der Waals surface area contributed by atoms with Crippen molar-refractivity contribution in [1.29, 1.82) is 0 Å². The first-order chi connectivity index (χ1) is 9.70. The van der Waals surface area contributed by atoms with E-state index in [2.05, 4.69) is 5.32 Å². The Morgan fingerprint density at radius 2 is 1.80 bits per heavy atom. The number of carbonyl (C=O) groups excluding carboxylic acids is 1. The minimum atomic E-state index is -0.276. The maximum absolute atomic E-state index is 11.8. The Morgan fingerprint density at radius 3 is 2.30 bits per heavy atom. The van der Waals surface area contributed by atoms with Crippen molar-refractivity contribution < 1.29 is 9.53 Å². The predicted octanol–water partition coefficient (Wildman–Crippen LogP) is 2.93. The molecule has 0 saturated heterocycles. The number of benzene rings is 1. The highest BCUT2D eigenvalue weighted by Crippen LogP contribution is 2.27. The van der Waals surface area contributed by atoms with Crippen LogP contribution >= 0.6 is 0 Å². The second-order valence-electron chi connectivity index (χ2n) is 5.50. The van der Waals surface area contributed by atoms with Crippen molar-refractivity contribution in [3.63, 3.8) is 0 Å². The van der Waals surface area contributed by atoms with Gasteiger partial charge in [-0.2, -0.15) is 0 Å². The largest absolute Gasteiger partial charge is 0.497 e. The molecule has 1 unspecified atom stereocenters. The number of rotatable bonds is 5. The zero-order chi connectivity index (χ0) is 14.4. The van der Waals surface area contributed by atoms with Crippen LogP contribution in [-0.2, 0) is 4.79 Å². The van der Waals surface area contributed by atoms with Crippen molar-refractivity contribution in [1.82, 2.24) is 0 Å². The first-order valence-corrected chi connectivity index (χ1v) is 7.40. The average Bonchev–Trinajstić information content (AvgIpc) is 2.74. The lowest BCUT2D eigenvalue weighted by atomic mass is 9.91. The molecule has 1 saturated carbocycles. The summed E-state index contributed by atoms with van der Waals surface area (Å²) < 4.78 is 5.14. The molecule has 0 aliphatic heterocycles. The molecule has 1 aromatic rings. The van der Waals surface area contributed by atoms with Crippen LogP contribution in [0.4, 0.5) is 5.69 Å². The highest BCUT2D eigenvalue weighted by Gasteiger charge is 2.27. The van der Waals surface area contributed by atoms with E-state index >= 15 is 0 Å². The number of hydrogen-bond acceptors (Lipinski definition) is 3. The van der Waals surface area contributed by atoms with Crippen molar-refractivity contribution in [2.24, 2.45) is 11.7 Å². The summed E-state index contributed by atoms with van der Waals surface area (Å²) in [5.41, 5.74) is 6.51. The zero-order valence-electron chi connectivity index (χ0n) is 12.1. The lowest BCUT2D eigenvalue weighted by Crippen LogP contribution is -2.41. The van der Waals surface area contributed by atoms with Crippen molar-refractivity contribution in [3.8, 4) is 5.75 Å². The van der Waals surface area contributed by atoms with Crippen LogP contribution in [0.25, 0.3) is 0 Å². The smallest absolute Gasteiger partial charge is 0.240 e. The Kier molecular flexibility index (Phi) is 5.27. The van der Waals surface area contributed by atoms with E-state index in [0.717, 1.165) is 24.3 Å². The quantitative estimate of drug-likeness (QED) is 0.813. The van der Waals surface area contributed by atoms with E-state index in [1.165, 1.54) is 25.7 Å². The van der Waals surface area contributed by atoms with E-state index in [9.17, 15) is 4.79 Å². The summed E-state index contributed by atoms with van der Waals surface area (Å²) in [5, 5.41) is 3.30. The monoisotopic (exact) mass is 276 g/mol. The maximum Gasteiger partial charge on any atom is 0.240 e. The molecule has 1 atom stereocenters. The zero-order valence-corrected chi connectivity index (χ0v) is 12.1. The molecular formula is C16H24N2O2. The number of carbonyl (C=O) groups is 1. The molecule has 0 bridgehead atoms. The average molecular weight is 276 g/mol. The molecule has 1 aromatic carbocycles. The van der Waals surface area contributed by atoms with Gasteiger partial charge in [0.05, 0.1) is 7.11 Å². The second kappa shape index (κ2) is 7.17. The van der Waals surface area contributed by atoms with Crippen LogP contribution in [0.3, 0.4) is 0 Å². The van der Waals surface area contributed by atoms with Crippen LogP contribution in [0.1, 0.15) is 38.5 Å². The van der Waals surface area contributed by atoms with Crippen LogP contribution in [0, 0.1) is 5.92 Å². The van der Waals surface area contributed by atoms with Crippen LogP contribution in [0.15, 0.2) is 24.3 Å². The third kappa shape index (κ3) is 3.89. The molecule has 20 heavy (non-hydrogen) atoms. The fraction of sp³-hybridized carbons (Fsp3) is 0.562. The molecule has 0 heterocycles. The van der Waals surface area contributed by atoms with Gasteiger partial charge in [-0.1, -0.05) is 25.7 Å². The number of ether oxygens (including phenoxy) is 1. The highest BCUT2D eigenvalue weighted by atomic mass is 16.5. The predicted molar refractivity (Wildman–Crippen MR) is 80.8 cm³/mol. The molecule has 2 rings (SSSR count). The third-order valence-corrected chi connectivity index (χ3v) is 4.09. The second-order valence-corrected chi connectivity index (χ2v) is 5.50. The molecule has 110 valence electrons. The number of methoxy groups -OCH3 is 1.